The molecule has 1 aliphatic rings. The fraction of sp³-hybridized carbons (Fsp3) is 0.833. The van der Waals surface area contributed by atoms with Gasteiger partial charge in [-0.05, 0) is 19.8 Å². The zero-order chi connectivity index (χ0) is 6.69. The van der Waals surface area contributed by atoms with Gasteiger partial charge in [0, 0.05) is 12.6 Å². The normalized spacial score (nSPS) is 28.1. The molecule has 0 aromatic heterocycles. The van der Waals surface area contributed by atoms with E-state index >= 15 is 0 Å². The van der Waals surface area contributed by atoms with Crippen molar-refractivity contribution in [3.8, 4) is 0 Å². The van der Waals surface area contributed by atoms with Crippen LogP contribution in [0.3, 0.4) is 0 Å². The van der Waals surface area contributed by atoms with E-state index in [4.69, 9.17) is 0 Å². The summed E-state index contributed by atoms with van der Waals surface area (Å²) in [5.41, 5.74) is 0. The van der Waals surface area contributed by atoms with Gasteiger partial charge in [-0.3, -0.25) is 0 Å². The molecule has 1 fully saturated rings. The Bertz CT molecular complexity index is 114. The second kappa shape index (κ2) is 2.71. The number of rotatable bonds is 0. The van der Waals surface area contributed by atoms with Crippen LogP contribution in [0, 0.1) is 0 Å². The maximum Gasteiger partial charge on any atom is 0.314 e. The molecule has 3 nitrogen and oxygen atoms in total. The third-order valence-corrected chi connectivity index (χ3v) is 1.48. The van der Waals surface area contributed by atoms with Crippen LogP contribution in [0.25, 0.3) is 0 Å². The Labute approximate surface area is 54.8 Å². The number of nitrogens with one attached hydrogen (secondary N) is 2. The number of amides is 2. The molecule has 1 atom stereocenters. The van der Waals surface area contributed by atoms with Gasteiger partial charge in [-0.25, -0.2) is 4.79 Å². The molecule has 0 bridgehead atoms. The predicted octanol–water partition coefficient (Wildman–Crippen LogP) is 0.468. The summed E-state index contributed by atoms with van der Waals surface area (Å²) in [5, 5.41) is 5.52. The molecular weight excluding hydrogens is 116 g/mol. The molecule has 52 valence electrons. The third-order valence-electron chi connectivity index (χ3n) is 1.48. The van der Waals surface area contributed by atoms with Gasteiger partial charge in [0.1, 0.15) is 0 Å². The van der Waals surface area contributed by atoms with Crippen molar-refractivity contribution in [2.24, 2.45) is 0 Å². The minimum absolute atomic E-state index is 0.0278. The zero-order valence-electron chi connectivity index (χ0n) is 5.61. The van der Waals surface area contributed by atoms with Gasteiger partial charge in [-0.15, -0.1) is 0 Å². The molecule has 2 N–H and O–H groups in total. The molecule has 0 aromatic carbocycles. The minimum Gasteiger partial charge on any atom is -0.338 e. The highest BCUT2D eigenvalue weighted by Gasteiger charge is 2.09. The van der Waals surface area contributed by atoms with Crippen molar-refractivity contribution >= 4 is 6.03 Å². The highest BCUT2D eigenvalue weighted by atomic mass is 16.2. The Morgan fingerprint density at radius 2 is 2.44 bits per heavy atom. The molecule has 1 saturated heterocycles. The van der Waals surface area contributed by atoms with Crippen molar-refractivity contribution < 1.29 is 4.79 Å². The van der Waals surface area contributed by atoms with E-state index in [9.17, 15) is 4.79 Å². The molecule has 0 spiro atoms. The Balaban J connectivity index is 2.37. The average molecular weight is 128 g/mol. The lowest BCUT2D eigenvalue weighted by Crippen LogP contribution is -2.37. The first kappa shape index (κ1) is 6.39. The van der Waals surface area contributed by atoms with Crippen molar-refractivity contribution in [1.29, 1.82) is 0 Å². The predicted molar refractivity (Wildman–Crippen MR) is 35.2 cm³/mol. The molecule has 0 radical (unpaired) electrons. The van der Waals surface area contributed by atoms with Crippen LogP contribution in [-0.4, -0.2) is 18.6 Å². The number of carbonyl (C=O) groups excluding carboxylic acids is 1. The Kier molecular flexibility index (Phi) is 1.92. The molecule has 2 amide bonds. The molecule has 1 heterocycles. The summed E-state index contributed by atoms with van der Waals surface area (Å²) in [6.07, 6.45) is 2.17. The maximum atomic E-state index is 10.7. The molecule has 0 saturated carbocycles. The molecule has 3 heteroatoms. The van der Waals surface area contributed by atoms with Crippen molar-refractivity contribution in [3.05, 3.63) is 0 Å². The number of hydrogen-bond acceptors (Lipinski definition) is 1. The summed E-state index contributed by atoms with van der Waals surface area (Å²) < 4.78 is 0. The second-order valence-electron chi connectivity index (χ2n) is 2.44. The summed E-state index contributed by atoms with van der Waals surface area (Å²) >= 11 is 0. The van der Waals surface area contributed by atoms with Gasteiger partial charge in [0.2, 0.25) is 0 Å². The first-order chi connectivity index (χ1) is 4.29. The van der Waals surface area contributed by atoms with Crippen molar-refractivity contribution in [3.63, 3.8) is 0 Å². The lowest BCUT2D eigenvalue weighted by atomic mass is 10.2. The van der Waals surface area contributed by atoms with E-state index in [-0.39, 0.29) is 6.03 Å². The summed E-state index contributed by atoms with van der Waals surface area (Å²) in [4.78, 5) is 10.7. The van der Waals surface area contributed by atoms with Gasteiger partial charge >= 0.3 is 6.03 Å². The van der Waals surface area contributed by atoms with Crippen LogP contribution in [0.5, 0.6) is 0 Å². The van der Waals surface area contributed by atoms with Crippen LogP contribution < -0.4 is 10.6 Å². The number of urea groups is 1. The van der Waals surface area contributed by atoms with E-state index in [1.54, 1.807) is 0 Å². The van der Waals surface area contributed by atoms with Crippen LogP contribution in [-0.2, 0) is 0 Å². The largest absolute Gasteiger partial charge is 0.338 e. The van der Waals surface area contributed by atoms with Gasteiger partial charge in [-0.2, -0.15) is 0 Å². The Morgan fingerprint density at radius 3 is 3.22 bits per heavy atom. The molecule has 0 aliphatic carbocycles. The smallest absolute Gasteiger partial charge is 0.314 e. The SMILES string of the molecule is CC1CCCNC(=O)N1. The number of carbonyl (C=O) groups is 1. The van der Waals surface area contributed by atoms with Gasteiger partial charge in [0.15, 0.2) is 0 Å². The minimum atomic E-state index is -0.0278. The van der Waals surface area contributed by atoms with Crippen molar-refractivity contribution in [2.45, 2.75) is 25.8 Å². The molecule has 1 aliphatic heterocycles. The van der Waals surface area contributed by atoms with Gasteiger partial charge < -0.3 is 10.6 Å². The summed E-state index contributed by atoms with van der Waals surface area (Å²) in [6.45, 7) is 2.83. The van der Waals surface area contributed by atoms with Gasteiger partial charge in [0.05, 0.1) is 0 Å². The van der Waals surface area contributed by atoms with E-state index in [2.05, 4.69) is 10.6 Å². The van der Waals surface area contributed by atoms with Crippen LogP contribution in [0.1, 0.15) is 19.8 Å². The summed E-state index contributed by atoms with van der Waals surface area (Å²) in [5.74, 6) is 0. The average Bonchev–Trinajstić information content (AvgIpc) is 1.93. The molecule has 1 unspecified atom stereocenters. The maximum absolute atomic E-state index is 10.7. The fourth-order valence-corrected chi connectivity index (χ4v) is 0.957. The Morgan fingerprint density at radius 1 is 1.67 bits per heavy atom. The molecule has 1 rings (SSSR count). The van der Waals surface area contributed by atoms with E-state index in [1.165, 1.54) is 0 Å². The Hall–Kier alpha value is -0.730. The lowest BCUT2D eigenvalue weighted by Gasteiger charge is -2.06. The van der Waals surface area contributed by atoms with E-state index < -0.39 is 0 Å². The summed E-state index contributed by atoms with van der Waals surface area (Å²) in [7, 11) is 0. The number of hydrogen-bond donors (Lipinski definition) is 2. The van der Waals surface area contributed by atoms with Crippen LogP contribution in [0.15, 0.2) is 0 Å². The van der Waals surface area contributed by atoms with Gasteiger partial charge in [0.25, 0.3) is 0 Å². The quantitative estimate of drug-likeness (QED) is 0.489. The third kappa shape index (κ3) is 1.91. The molecule has 9 heavy (non-hydrogen) atoms. The molecular formula is C6H12N2O. The van der Waals surface area contributed by atoms with E-state index in [0.717, 1.165) is 19.4 Å². The van der Waals surface area contributed by atoms with Crippen LogP contribution in [0.2, 0.25) is 0 Å². The summed E-state index contributed by atoms with van der Waals surface area (Å²) in [6, 6.07) is 0.313. The highest BCUT2D eigenvalue weighted by Crippen LogP contribution is 1.97. The molecule has 0 aromatic rings. The first-order valence-electron chi connectivity index (χ1n) is 3.33. The first-order valence-corrected chi connectivity index (χ1v) is 3.33. The topological polar surface area (TPSA) is 41.1 Å². The zero-order valence-corrected chi connectivity index (χ0v) is 5.61. The van der Waals surface area contributed by atoms with Crippen LogP contribution in [0.4, 0.5) is 4.79 Å². The van der Waals surface area contributed by atoms with E-state index in [1.807, 2.05) is 6.92 Å². The van der Waals surface area contributed by atoms with Crippen molar-refractivity contribution in [1.82, 2.24) is 10.6 Å². The fourth-order valence-electron chi connectivity index (χ4n) is 0.957. The second-order valence-corrected chi connectivity index (χ2v) is 2.44. The van der Waals surface area contributed by atoms with Crippen LogP contribution >= 0.6 is 0 Å². The van der Waals surface area contributed by atoms with Gasteiger partial charge in [-0.1, -0.05) is 0 Å². The van der Waals surface area contributed by atoms with E-state index in [0.29, 0.717) is 6.04 Å². The highest BCUT2D eigenvalue weighted by molar-refractivity contribution is 5.74. The monoisotopic (exact) mass is 128 g/mol. The van der Waals surface area contributed by atoms with Crippen molar-refractivity contribution in [2.75, 3.05) is 6.54 Å². The standard InChI is InChI=1S/C6H12N2O/c1-5-3-2-4-7-6(9)8-5/h5H,2-4H2,1H3,(H2,7,8,9). The lowest BCUT2D eigenvalue weighted by molar-refractivity contribution is 0.240.